The van der Waals surface area contributed by atoms with E-state index in [2.05, 4.69) is 20.1 Å². The third-order valence-electron chi connectivity index (χ3n) is 9.50. The van der Waals surface area contributed by atoms with Crippen LogP contribution in [0.4, 0.5) is 11.4 Å². The molecule has 0 aromatic heterocycles. The first-order chi connectivity index (χ1) is 20.7. The van der Waals surface area contributed by atoms with E-state index < -0.39 is 22.6 Å². The van der Waals surface area contributed by atoms with Crippen LogP contribution in [0, 0.1) is 31.6 Å². The van der Waals surface area contributed by atoms with Gasteiger partial charge in [0, 0.05) is 42.9 Å². The molecule has 43 heavy (non-hydrogen) atoms. The number of amides is 3. The van der Waals surface area contributed by atoms with Crippen LogP contribution in [-0.2, 0) is 14.4 Å². The fraction of sp³-hybridized carbons (Fsp3) is 0.457. The number of likely N-dealkylation sites (tertiary alicyclic amines) is 1. The van der Waals surface area contributed by atoms with Gasteiger partial charge in [-0.1, -0.05) is 55.5 Å². The first kappa shape index (κ1) is 31.1. The van der Waals surface area contributed by atoms with Gasteiger partial charge in [-0.25, -0.2) is 0 Å². The summed E-state index contributed by atoms with van der Waals surface area (Å²) in [5.41, 5.74) is 3.57. The predicted molar refractivity (Wildman–Crippen MR) is 174 cm³/mol. The second-order valence-electron chi connectivity index (χ2n) is 12.1. The van der Waals surface area contributed by atoms with E-state index in [0.29, 0.717) is 32.5 Å². The highest BCUT2D eigenvalue weighted by molar-refractivity contribution is 8.02. The summed E-state index contributed by atoms with van der Waals surface area (Å²) in [5, 5.41) is 9.48. The normalized spacial score (nSPS) is 27.2. The van der Waals surface area contributed by atoms with E-state index in [1.807, 2.05) is 62.4 Å². The molecule has 7 nitrogen and oxygen atoms in total. The van der Waals surface area contributed by atoms with Crippen molar-refractivity contribution in [2.75, 3.05) is 36.0 Å². The van der Waals surface area contributed by atoms with Crippen LogP contribution >= 0.6 is 11.8 Å². The summed E-state index contributed by atoms with van der Waals surface area (Å²) >= 11 is 1.69. The molecule has 1 N–H and O–H groups in total. The lowest BCUT2D eigenvalue weighted by atomic mass is 9.65. The molecule has 3 aliphatic rings. The molecule has 2 aromatic carbocycles. The van der Waals surface area contributed by atoms with Crippen LogP contribution < -0.4 is 9.80 Å². The Bertz CT molecular complexity index is 1380. The van der Waals surface area contributed by atoms with E-state index in [4.69, 9.17) is 0 Å². The van der Waals surface area contributed by atoms with Crippen LogP contribution in [0.15, 0.2) is 73.8 Å². The van der Waals surface area contributed by atoms with Crippen molar-refractivity contribution < 1.29 is 19.5 Å². The molecule has 3 fully saturated rings. The molecule has 228 valence electrons. The minimum atomic E-state index is -0.731. The van der Waals surface area contributed by atoms with Gasteiger partial charge in [0.1, 0.15) is 6.04 Å². The van der Waals surface area contributed by atoms with Gasteiger partial charge in [-0.15, -0.1) is 24.9 Å². The number of anilines is 2. The highest BCUT2D eigenvalue weighted by atomic mass is 32.2. The molecule has 1 spiro atoms. The predicted octanol–water partition coefficient (Wildman–Crippen LogP) is 5.15. The molecule has 3 aliphatic heterocycles. The maximum absolute atomic E-state index is 14.9. The number of hydrogen-bond donors (Lipinski definition) is 1. The minimum absolute atomic E-state index is 0.0160. The molecule has 2 aromatic rings. The molecule has 3 amide bonds. The molecule has 2 bridgehead atoms. The van der Waals surface area contributed by atoms with Gasteiger partial charge >= 0.3 is 0 Å². The second-order valence-corrected chi connectivity index (χ2v) is 13.6. The Morgan fingerprint density at radius 1 is 1.00 bits per heavy atom. The van der Waals surface area contributed by atoms with E-state index in [-0.39, 0.29) is 35.5 Å². The quantitative estimate of drug-likeness (QED) is 0.269. The zero-order chi connectivity index (χ0) is 30.9. The maximum atomic E-state index is 14.9. The number of fused-ring (bicyclic) bond motifs is 1. The molecule has 0 aliphatic carbocycles. The third kappa shape index (κ3) is 5.12. The van der Waals surface area contributed by atoms with Gasteiger partial charge in [0.05, 0.1) is 16.6 Å². The number of aliphatic hydroxyl groups excluding tert-OH is 1. The number of rotatable bonds is 12. The van der Waals surface area contributed by atoms with Crippen LogP contribution in [0.2, 0.25) is 0 Å². The van der Waals surface area contributed by atoms with E-state index in [1.54, 1.807) is 38.6 Å². The molecule has 0 saturated carbocycles. The molecular formula is C35H43N3O4S. The lowest BCUT2D eigenvalue weighted by Gasteiger charge is -2.41. The van der Waals surface area contributed by atoms with Crippen molar-refractivity contribution in [1.82, 2.24) is 4.90 Å². The molecule has 6 atom stereocenters. The van der Waals surface area contributed by atoms with Crippen LogP contribution in [0.1, 0.15) is 37.3 Å². The Morgan fingerprint density at radius 2 is 1.65 bits per heavy atom. The molecule has 0 radical (unpaired) electrons. The summed E-state index contributed by atoms with van der Waals surface area (Å²) in [6.07, 6.45) is 5.32. The van der Waals surface area contributed by atoms with E-state index in [1.165, 1.54) is 0 Å². The van der Waals surface area contributed by atoms with Gasteiger partial charge in [0.25, 0.3) is 5.91 Å². The van der Waals surface area contributed by atoms with Crippen molar-refractivity contribution >= 4 is 40.9 Å². The molecule has 8 heteroatoms. The zero-order valence-electron chi connectivity index (χ0n) is 25.4. The van der Waals surface area contributed by atoms with Crippen molar-refractivity contribution in [1.29, 1.82) is 0 Å². The van der Waals surface area contributed by atoms with Crippen molar-refractivity contribution in [3.8, 4) is 0 Å². The number of carbonyl (C=O) groups is 3. The second kappa shape index (κ2) is 12.7. The monoisotopic (exact) mass is 601 g/mol. The van der Waals surface area contributed by atoms with E-state index >= 15 is 0 Å². The Balaban J connectivity index is 1.60. The average molecular weight is 602 g/mol. The van der Waals surface area contributed by atoms with Crippen LogP contribution in [0.25, 0.3) is 0 Å². The summed E-state index contributed by atoms with van der Waals surface area (Å²) in [6, 6.07) is 14.8. The average Bonchev–Trinajstić information content (AvgIpc) is 3.59. The van der Waals surface area contributed by atoms with Crippen LogP contribution in [0.3, 0.4) is 0 Å². The van der Waals surface area contributed by atoms with Crippen molar-refractivity contribution in [2.24, 2.45) is 17.8 Å². The lowest BCUT2D eigenvalue weighted by Crippen LogP contribution is -2.58. The van der Waals surface area contributed by atoms with E-state index in [0.717, 1.165) is 28.9 Å². The number of nitrogens with zero attached hydrogens (tertiary/aromatic N) is 3. The SMILES string of the molecule is C=CCN(C(=O)[C@@H]1[C@H]2C(=O)N(CCCCO)C(C(=O)N(CC=C)c3c(C)cccc3C)C23S[C@@H]1CC3C)c1ccccc1. The number of aliphatic hydroxyl groups is 1. The Labute approximate surface area is 259 Å². The summed E-state index contributed by atoms with van der Waals surface area (Å²) in [6.45, 7) is 15.0. The number of aryl methyl sites for hydroxylation is 2. The highest BCUT2D eigenvalue weighted by Gasteiger charge is 2.76. The first-order valence-electron chi connectivity index (χ1n) is 15.3. The summed E-state index contributed by atoms with van der Waals surface area (Å²) in [7, 11) is 0. The number of unbranched alkanes of at least 4 members (excludes halogenated alkanes) is 1. The van der Waals surface area contributed by atoms with E-state index in [9.17, 15) is 19.5 Å². The van der Waals surface area contributed by atoms with Gasteiger partial charge in [-0.2, -0.15) is 0 Å². The summed E-state index contributed by atoms with van der Waals surface area (Å²) in [5.74, 6) is -1.43. The number of hydrogen-bond acceptors (Lipinski definition) is 5. The van der Waals surface area contributed by atoms with Gasteiger partial charge in [0.2, 0.25) is 11.8 Å². The Morgan fingerprint density at radius 3 is 2.28 bits per heavy atom. The maximum Gasteiger partial charge on any atom is 0.251 e. The van der Waals surface area contributed by atoms with Gasteiger partial charge < -0.3 is 19.8 Å². The van der Waals surface area contributed by atoms with Gasteiger partial charge in [0.15, 0.2) is 0 Å². The first-order valence-corrected chi connectivity index (χ1v) is 16.2. The molecule has 3 saturated heterocycles. The molecular weight excluding hydrogens is 558 g/mol. The Hall–Kier alpha value is -3.36. The number of thioether (sulfide) groups is 1. The van der Waals surface area contributed by atoms with Crippen molar-refractivity contribution in [2.45, 2.75) is 56.1 Å². The van der Waals surface area contributed by atoms with Crippen LogP contribution in [-0.4, -0.2) is 70.0 Å². The molecule has 3 heterocycles. The smallest absolute Gasteiger partial charge is 0.251 e. The van der Waals surface area contributed by atoms with Crippen LogP contribution in [0.5, 0.6) is 0 Å². The largest absolute Gasteiger partial charge is 0.396 e. The zero-order valence-corrected chi connectivity index (χ0v) is 26.3. The Kier molecular flexibility index (Phi) is 9.18. The number of para-hydroxylation sites is 2. The fourth-order valence-corrected chi connectivity index (χ4v) is 10.2. The van der Waals surface area contributed by atoms with Gasteiger partial charge in [-0.05, 0) is 62.3 Å². The standard InChI is InChI=1S/C35H43N3O4S/c1-6-18-36(26-16-9-8-10-17-26)32(40)28-27-22-25(5)35(43-27)29(28)33(41)38(20-11-12-21-39)31(35)34(42)37(19-7-2)30-23(3)14-13-15-24(30)4/h6-10,13-17,25,27-29,31,39H,1-2,11-12,18-22H2,3-5H3/t25?,27-,28+,29+,31?,35?/m1/s1. The number of benzene rings is 2. The van der Waals surface area contributed by atoms with Crippen molar-refractivity contribution in [3.63, 3.8) is 0 Å². The number of carbonyl (C=O) groups excluding carboxylic acids is 3. The summed E-state index contributed by atoms with van der Waals surface area (Å²) in [4.78, 5) is 49.3. The van der Waals surface area contributed by atoms with Gasteiger partial charge in [-0.3, -0.25) is 14.4 Å². The molecule has 5 rings (SSSR count). The third-order valence-corrected chi connectivity index (χ3v) is 11.6. The topological polar surface area (TPSA) is 81.2 Å². The fourth-order valence-electron chi connectivity index (χ4n) is 7.75. The highest BCUT2D eigenvalue weighted by Crippen LogP contribution is 2.69. The summed E-state index contributed by atoms with van der Waals surface area (Å²) < 4.78 is -0.731. The lowest BCUT2D eigenvalue weighted by molar-refractivity contribution is -0.139. The molecule has 3 unspecified atom stereocenters. The van der Waals surface area contributed by atoms with Crippen molar-refractivity contribution in [3.05, 3.63) is 85.0 Å². The minimum Gasteiger partial charge on any atom is -0.396 e.